The molecule has 1 heteroatoms. The Kier molecular flexibility index (Phi) is 2.05. The SMILES string of the molecule is CC1(C)C=c2scc(-c3ccccc3)c2=C1. The van der Waals surface area contributed by atoms with Crippen LogP contribution in [0, 0.1) is 5.41 Å². The predicted molar refractivity (Wildman–Crippen MR) is 71.7 cm³/mol. The van der Waals surface area contributed by atoms with Crippen molar-refractivity contribution in [3.8, 4) is 11.1 Å². The van der Waals surface area contributed by atoms with Crippen LogP contribution in [-0.2, 0) is 0 Å². The van der Waals surface area contributed by atoms with E-state index in [1.807, 2.05) is 11.3 Å². The first-order valence-electron chi connectivity index (χ1n) is 5.54. The lowest BCUT2D eigenvalue weighted by Gasteiger charge is -2.09. The lowest BCUT2D eigenvalue weighted by atomic mass is 9.95. The van der Waals surface area contributed by atoms with Crippen LogP contribution in [0.4, 0.5) is 0 Å². The third kappa shape index (κ3) is 1.52. The standard InChI is InChI=1S/C15H14S/c1-15(2)8-12-13(10-16-14(12)9-15)11-6-4-3-5-7-11/h3-10H,1-2H3. The molecule has 1 aliphatic carbocycles. The predicted octanol–water partition coefficient (Wildman–Crippen LogP) is 3.02. The number of hydrogen-bond donors (Lipinski definition) is 0. The average molecular weight is 226 g/mol. The lowest BCUT2D eigenvalue weighted by Crippen LogP contribution is -2.15. The van der Waals surface area contributed by atoms with Crippen LogP contribution in [0.3, 0.4) is 0 Å². The minimum absolute atomic E-state index is 0.214. The molecule has 3 rings (SSSR count). The normalized spacial score (nSPS) is 16.4. The fourth-order valence-corrected chi connectivity index (χ4v) is 3.41. The summed E-state index contributed by atoms with van der Waals surface area (Å²) in [4.78, 5) is 0. The largest absolute Gasteiger partial charge is 0.143 e. The van der Waals surface area contributed by atoms with Crippen molar-refractivity contribution >= 4 is 23.5 Å². The molecule has 0 atom stereocenters. The maximum atomic E-state index is 2.38. The molecule has 0 saturated heterocycles. The number of benzene rings is 1. The van der Waals surface area contributed by atoms with Gasteiger partial charge in [0.1, 0.15) is 0 Å². The van der Waals surface area contributed by atoms with E-state index in [-0.39, 0.29) is 5.41 Å². The molecule has 1 aromatic heterocycles. The Bertz CT molecular complexity index is 630. The summed E-state index contributed by atoms with van der Waals surface area (Å²) in [6, 6.07) is 10.6. The van der Waals surface area contributed by atoms with Gasteiger partial charge in [0.2, 0.25) is 0 Å². The van der Waals surface area contributed by atoms with Crippen molar-refractivity contribution in [2.75, 3.05) is 0 Å². The Morgan fingerprint density at radius 1 is 1.00 bits per heavy atom. The van der Waals surface area contributed by atoms with Gasteiger partial charge < -0.3 is 0 Å². The molecule has 0 bridgehead atoms. The summed E-state index contributed by atoms with van der Waals surface area (Å²) in [5.74, 6) is 0. The van der Waals surface area contributed by atoms with Crippen LogP contribution in [0.2, 0.25) is 0 Å². The van der Waals surface area contributed by atoms with Gasteiger partial charge in [-0.25, -0.2) is 0 Å². The summed E-state index contributed by atoms with van der Waals surface area (Å²) in [6.07, 6.45) is 4.74. The van der Waals surface area contributed by atoms with Crippen LogP contribution in [-0.4, -0.2) is 0 Å². The van der Waals surface area contributed by atoms with Crippen LogP contribution in [0.5, 0.6) is 0 Å². The smallest absolute Gasteiger partial charge is 0.0314 e. The van der Waals surface area contributed by atoms with E-state index in [0.29, 0.717) is 0 Å². The van der Waals surface area contributed by atoms with Gasteiger partial charge in [0.05, 0.1) is 0 Å². The summed E-state index contributed by atoms with van der Waals surface area (Å²) in [5.41, 5.74) is 2.91. The fraction of sp³-hybridized carbons (Fsp3) is 0.200. The van der Waals surface area contributed by atoms with Crippen molar-refractivity contribution < 1.29 is 0 Å². The van der Waals surface area contributed by atoms with Gasteiger partial charge in [0.25, 0.3) is 0 Å². The topological polar surface area (TPSA) is 0 Å². The molecule has 0 amide bonds. The zero-order valence-corrected chi connectivity index (χ0v) is 10.3. The van der Waals surface area contributed by atoms with E-state index < -0.39 is 0 Å². The second-order valence-electron chi connectivity index (χ2n) is 4.90. The van der Waals surface area contributed by atoms with Gasteiger partial charge in [-0.2, -0.15) is 0 Å². The molecule has 2 aromatic rings. The van der Waals surface area contributed by atoms with Crippen LogP contribution in [0.1, 0.15) is 13.8 Å². The maximum absolute atomic E-state index is 2.38. The molecule has 0 unspecified atom stereocenters. The molecule has 0 aliphatic heterocycles. The van der Waals surface area contributed by atoms with E-state index >= 15 is 0 Å². The van der Waals surface area contributed by atoms with E-state index in [4.69, 9.17) is 0 Å². The molecule has 0 N–H and O–H groups in total. The van der Waals surface area contributed by atoms with E-state index in [2.05, 4.69) is 61.7 Å². The zero-order valence-electron chi connectivity index (χ0n) is 9.53. The highest BCUT2D eigenvalue weighted by Crippen LogP contribution is 2.25. The van der Waals surface area contributed by atoms with E-state index in [9.17, 15) is 0 Å². The van der Waals surface area contributed by atoms with Crippen LogP contribution >= 0.6 is 11.3 Å². The van der Waals surface area contributed by atoms with E-state index in [0.717, 1.165) is 0 Å². The molecule has 1 aliphatic rings. The van der Waals surface area contributed by atoms with Crippen molar-refractivity contribution in [1.82, 2.24) is 0 Å². The van der Waals surface area contributed by atoms with Crippen molar-refractivity contribution in [3.63, 3.8) is 0 Å². The van der Waals surface area contributed by atoms with Crippen molar-refractivity contribution in [3.05, 3.63) is 45.5 Å². The molecular formula is C15H14S. The zero-order chi connectivity index (χ0) is 11.2. The first kappa shape index (κ1) is 9.86. The van der Waals surface area contributed by atoms with Crippen LogP contribution in [0.15, 0.2) is 35.7 Å². The highest BCUT2D eigenvalue weighted by atomic mass is 32.1. The third-order valence-electron chi connectivity index (χ3n) is 2.96. The minimum Gasteiger partial charge on any atom is -0.143 e. The third-order valence-corrected chi connectivity index (χ3v) is 3.91. The highest BCUT2D eigenvalue weighted by molar-refractivity contribution is 7.08. The summed E-state index contributed by atoms with van der Waals surface area (Å²) in [7, 11) is 0. The molecule has 0 saturated carbocycles. The van der Waals surface area contributed by atoms with Crippen molar-refractivity contribution in [1.29, 1.82) is 0 Å². The van der Waals surface area contributed by atoms with Crippen molar-refractivity contribution in [2.45, 2.75) is 13.8 Å². The molecule has 80 valence electrons. The molecule has 0 spiro atoms. The van der Waals surface area contributed by atoms with Gasteiger partial charge in [0, 0.05) is 9.95 Å². The molecular weight excluding hydrogens is 212 g/mol. The molecule has 0 nitrogen and oxygen atoms in total. The lowest BCUT2D eigenvalue weighted by molar-refractivity contribution is 0.725. The second-order valence-corrected chi connectivity index (χ2v) is 5.81. The van der Waals surface area contributed by atoms with Gasteiger partial charge in [-0.3, -0.25) is 0 Å². The van der Waals surface area contributed by atoms with Gasteiger partial charge in [-0.05, 0) is 21.7 Å². The summed E-state index contributed by atoms with van der Waals surface area (Å²) >= 11 is 1.85. The van der Waals surface area contributed by atoms with Gasteiger partial charge in [0.15, 0.2) is 0 Å². The summed E-state index contributed by atoms with van der Waals surface area (Å²) in [6.45, 7) is 4.52. The Balaban J connectivity index is 2.26. The molecule has 1 aromatic carbocycles. The fourth-order valence-electron chi connectivity index (χ4n) is 2.24. The number of hydrogen-bond acceptors (Lipinski definition) is 1. The molecule has 0 radical (unpaired) electrons. The second kappa shape index (κ2) is 3.33. The first-order valence-corrected chi connectivity index (χ1v) is 6.42. The van der Waals surface area contributed by atoms with Gasteiger partial charge >= 0.3 is 0 Å². The number of fused-ring (bicyclic) bond motifs is 1. The highest BCUT2D eigenvalue weighted by Gasteiger charge is 2.18. The summed E-state index contributed by atoms with van der Waals surface area (Å²) in [5, 5.41) is 3.68. The Hall–Kier alpha value is -1.34. The van der Waals surface area contributed by atoms with Gasteiger partial charge in [-0.15, -0.1) is 11.3 Å². The van der Waals surface area contributed by atoms with Crippen LogP contribution < -0.4 is 9.75 Å². The molecule has 1 heterocycles. The maximum Gasteiger partial charge on any atom is 0.0314 e. The van der Waals surface area contributed by atoms with Crippen LogP contribution in [0.25, 0.3) is 23.3 Å². The Morgan fingerprint density at radius 2 is 1.75 bits per heavy atom. The van der Waals surface area contributed by atoms with E-state index in [1.54, 1.807) is 0 Å². The minimum atomic E-state index is 0.214. The average Bonchev–Trinajstić information content (AvgIpc) is 2.74. The quantitative estimate of drug-likeness (QED) is 0.701. The summed E-state index contributed by atoms with van der Waals surface area (Å²) < 4.78 is 1.42. The number of thiophene rings is 1. The Morgan fingerprint density at radius 3 is 2.50 bits per heavy atom. The monoisotopic (exact) mass is 226 g/mol. The van der Waals surface area contributed by atoms with Crippen molar-refractivity contribution in [2.24, 2.45) is 5.41 Å². The van der Waals surface area contributed by atoms with Gasteiger partial charge in [-0.1, -0.05) is 56.3 Å². The van der Waals surface area contributed by atoms with E-state index in [1.165, 1.54) is 20.9 Å². The molecule has 0 fully saturated rings. The molecule has 16 heavy (non-hydrogen) atoms. The Labute approximate surface area is 99.6 Å². The first-order chi connectivity index (χ1) is 7.66. The number of rotatable bonds is 1.